The van der Waals surface area contributed by atoms with Crippen molar-refractivity contribution in [3.63, 3.8) is 0 Å². The fraction of sp³-hybridized carbons (Fsp3) is 0.500. The molecule has 0 aromatic heterocycles. The molecule has 22 heavy (non-hydrogen) atoms. The topological polar surface area (TPSA) is 101 Å². The molecule has 0 amide bonds. The average Bonchev–Trinajstić information content (AvgIpc) is 2.41. The largest absolute Gasteiger partial charge is 0.317 e. The second kappa shape index (κ2) is 7.56. The van der Waals surface area contributed by atoms with Gasteiger partial charge < -0.3 is 5.32 Å². The summed E-state index contributed by atoms with van der Waals surface area (Å²) in [5, 5.41) is 14.2. The Labute approximate surface area is 140 Å². The van der Waals surface area contributed by atoms with Crippen molar-refractivity contribution < 1.29 is 13.3 Å². The molecule has 1 saturated heterocycles. The minimum absolute atomic E-state index is 0. The van der Waals surface area contributed by atoms with Gasteiger partial charge in [0.05, 0.1) is 14.8 Å². The van der Waals surface area contributed by atoms with Crippen molar-refractivity contribution in [1.29, 1.82) is 0 Å². The molecule has 1 aliphatic heterocycles. The molecule has 0 unspecified atom stereocenters. The third-order valence-electron chi connectivity index (χ3n) is 3.46. The number of rotatable bonds is 4. The predicted molar refractivity (Wildman–Crippen MR) is 86.3 cm³/mol. The van der Waals surface area contributed by atoms with E-state index in [-0.39, 0.29) is 39.6 Å². The number of sulfonamides is 1. The van der Waals surface area contributed by atoms with E-state index in [2.05, 4.69) is 10.0 Å². The lowest BCUT2D eigenvalue weighted by Gasteiger charge is -2.23. The zero-order valence-corrected chi connectivity index (χ0v) is 14.2. The number of piperidine rings is 1. The number of nitrogens with one attached hydrogen (secondary N) is 2. The van der Waals surface area contributed by atoms with E-state index >= 15 is 0 Å². The molecule has 10 heteroatoms. The van der Waals surface area contributed by atoms with Crippen LogP contribution in [0.5, 0.6) is 0 Å². The smallest absolute Gasteiger partial charge is 0.275 e. The van der Waals surface area contributed by atoms with Crippen molar-refractivity contribution in [1.82, 2.24) is 10.0 Å². The normalized spacial score (nSPS) is 16.1. The van der Waals surface area contributed by atoms with E-state index in [0.717, 1.165) is 19.2 Å². The zero-order valence-electron chi connectivity index (χ0n) is 11.8. The molecular formula is C12H17Cl2N3O4S. The number of nitrogens with zero attached hydrogens (tertiary/aromatic N) is 1. The summed E-state index contributed by atoms with van der Waals surface area (Å²) in [6.45, 7) is 2.96. The molecule has 0 atom stereocenters. The maximum absolute atomic E-state index is 12.3. The van der Waals surface area contributed by atoms with Gasteiger partial charge in [0.15, 0.2) is 0 Å². The van der Waals surface area contributed by atoms with Crippen molar-refractivity contribution in [3.8, 4) is 0 Å². The third kappa shape index (κ3) is 4.30. The molecule has 1 aromatic carbocycles. The van der Waals surface area contributed by atoms with E-state index in [1.54, 1.807) is 0 Å². The summed E-state index contributed by atoms with van der Waals surface area (Å²) in [7, 11) is -3.82. The van der Waals surface area contributed by atoms with Gasteiger partial charge in [0.1, 0.15) is 0 Å². The Morgan fingerprint density at radius 2 is 1.95 bits per heavy atom. The van der Waals surface area contributed by atoms with Crippen molar-refractivity contribution in [2.45, 2.75) is 30.7 Å². The summed E-state index contributed by atoms with van der Waals surface area (Å²) < 4.78 is 27.2. The van der Waals surface area contributed by atoms with Crippen LogP contribution >= 0.6 is 24.0 Å². The molecule has 1 aliphatic rings. The molecule has 1 heterocycles. The van der Waals surface area contributed by atoms with Crippen LogP contribution in [0.2, 0.25) is 5.02 Å². The van der Waals surface area contributed by atoms with Crippen LogP contribution in [-0.4, -0.2) is 32.5 Å². The summed E-state index contributed by atoms with van der Waals surface area (Å²) >= 11 is 5.91. The molecule has 2 rings (SSSR count). The first-order valence-electron chi connectivity index (χ1n) is 6.49. The maximum atomic E-state index is 12.3. The Morgan fingerprint density at radius 1 is 1.36 bits per heavy atom. The fourth-order valence-electron chi connectivity index (χ4n) is 2.21. The highest BCUT2D eigenvalue weighted by Gasteiger charge is 2.25. The molecule has 0 radical (unpaired) electrons. The molecule has 2 N–H and O–H groups in total. The van der Waals surface area contributed by atoms with Crippen LogP contribution in [0.15, 0.2) is 17.0 Å². The van der Waals surface area contributed by atoms with Gasteiger partial charge in [0.2, 0.25) is 10.0 Å². The first-order valence-corrected chi connectivity index (χ1v) is 8.35. The van der Waals surface area contributed by atoms with Gasteiger partial charge in [-0.1, -0.05) is 11.6 Å². The highest BCUT2D eigenvalue weighted by molar-refractivity contribution is 7.89. The lowest BCUT2D eigenvalue weighted by atomic mass is 10.1. The van der Waals surface area contributed by atoms with Crippen LogP contribution in [0.25, 0.3) is 0 Å². The van der Waals surface area contributed by atoms with Gasteiger partial charge in [0.25, 0.3) is 5.69 Å². The van der Waals surface area contributed by atoms with Crippen LogP contribution in [0.4, 0.5) is 5.69 Å². The van der Waals surface area contributed by atoms with Gasteiger partial charge in [-0.3, -0.25) is 10.1 Å². The number of nitro benzene ring substituents is 1. The number of halogens is 2. The summed E-state index contributed by atoms with van der Waals surface area (Å²) in [6, 6.07) is 2.12. The van der Waals surface area contributed by atoms with Gasteiger partial charge in [-0.15, -0.1) is 12.4 Å². The summed E-state index contributed by atoms with van der Waals surface area (Å²) in [5.74, 6) is 0. The molecule has 124 valence electrons. The molecule has 1 aromatic rings. The Bertz CT molecular complexity index is 661. The lowest BCUT2D eigenvalue weighted by Crippen LogP contribution is -2.42. The van der Waals surface area contributed by atoms with Gasteiger partial charge in [-0.05, 0) is 38.9 Å². The standard InChI is InChI=1S/C12H16ClN3O4S.ClH/c1-8-11(13)6-10(7-12(8)16(17)18)21(19,20)15-9-2-4-14-5-3-9;/h6-7,9,14-15H,2-5H2,1H3;1H. The number of benzene rings is 1. The maximum Gasteiger partial charge on any atom is 0.275 e. The minimum atomic E-state index is -3.82. The molecule has 0 aliphatic carbocycles. The zero-order chi connectivity index (χ0) is 15.6. The van der Waals surface area contributed by atoms with Crippen molar-refractivity contribution in [3.05, 3.63) is 32.8 Å². The molecular weight excluding hydrogens is 353 g/mol. The van der Waals surface area contributed by atoms with Crippen LogP contribution in [-0.2, 0) is 10.0 Å². The first kappa shape index (κ1) is 19.1. The molecule has 0 spiro atoms. The molecule has 1 fully saturated rings. The lowest BCUT2D eigenvalue weighted by molar-refractivity contribution is -0.385. The van der Waals surface area contributed by atoms with Gasteiger partial charge in [-0.25, -0.2) is 13.1 Å². The highest BCUT2D eigenvalue weighted by Crippen LogP contribution is 2.29. The van der Waals surface area contributed by atoms with Crippen LogP contribution < -0.4 is 10.0 Å². The fourth-order valence-corrected chi connectivity index (χ4v) is 3.84. The Morgan fingerprint density at radius 3 is 2.50 bits per heavy atom. The summed E-state index contributed by atoms with van der Waals surface area (Å²) in [6.07, 6.45) is 1.36. The molecule has 0 saturated carbocycles. The van der Waals surface area contributed by atoms with Gasteiger partial charge >= 0.3 is 0 Å². The van der Waals surface area contributed by atoms with Crippen LogP contribution in [0.3, 0.4) is 0 Å². The highest BCUT2D eigenvalue weighted by atomic mass is 35.5. The van der Waals surface area contributed by atoms with Crippen molar-refractivity contribution in [2.24, 2.45) is 0 Å². The van der Waals surface area contributed by atoms with Gasteiger partial charge in [-0.2, -0.15) is 0 Å². The SMILES string of the molecule is Cc1c(Cl)cc(S(=O)(=O)NC2CCNCC2)cc1[N+](=O)[O-].Cl. The molecule has 0 bridgehead atoms. The quantitative estimate of drug-likeness (QED) is 0.624. The first-order chi connectivity index (χ1) is 9.81. The van der Waals surface area contributed by atoms with E-state index in [9.17, 15) is 18.5 Å². The van der Waals surface area contributed by atoms with E-state index in [1.165, 1.54) is 13.0 Å². The minimum Gasteiger partial charge on any atom is -0.317 e. The summed E-state index contributed by atoms with van der Waals surface area (Å²) in [5.41, 5.74) is -0.0457. The second-order valence-electron chi connectivity index (χ2n) is 4.95. The Hall–Kier alpha value is -0.930. The van der Waals surface area contributed by atoms with E-state index in [0.29, 0.717) is 12.8 Å². The molecule has 7 nitrogen and oxygen atoms in total. The number of hydrogen-bond acceptors (Lipinski definition) is 5. The van der Waals surface area contributed by atoms with Gasteiger partial charge in [0, 0.05) is 17.7 Å². The van der Waals surface area contributed by atoms with E-state index < -0.39 is 14.9 Å². The Kier molecular flexibility index (Phi) is 6.57. The van der Waals surface area contributed by atoms with Crippen molar-refractivity contribution in [2.75, 3.05) is 13.1 Å². The average molecular weight is 370 g/mol. The van der Waals surface area contributed by atoms with E-state index in [1.807, 2.05) is 0 Å². The summed E-state index contributed by atoms with van der Waals surface area (Å²) in [4.78, 5) is 10.2. The van der Waals surface area contributed by atoms with Crippen molar-refractivity contribution >= 4 is 39.7 Å². The number of nitro groups is 1. The van der Waals surface area contributed by atoms with Crippen LogP contribution in [0, 0.1) is 17.0 Å². The third-order valence-corrected chi connectivity index (χ3v) is 5.35. The predicted octanol–water partition coefficient (Wildman–Crippen LogP) is 2.01. The second-order valence-corrected chi connectivity index (χ2v) is 7.07. The van der Waals surface area contributed by atoms with Crippen LogP contribution in [0.1, 0.15) is 18.4 Å². The number of hydrogen-bond donors (Lipinski definition) is 2. The Balaban J connectivity index is 0.00000242. The van der Waals surface area contributed by atoms with E-state index in [4.69, 9.17) is 11.6 Å². The monoisotopic (exact) mass is 369 g/mol.